The van der Waals surface area contributed by atoms with Crippen LogP contribution < -0.4 is 4.74 Å². The topological polar surface area (TPSA) is 72.6 Å². The summed E-state index contributed by atoms with van der Waals surface area (Å²) in [7, 11) is 0. The third-order valence-electron chi connectivity index (χ3n) is 3.54. The van der Waals surface area contributed by atoms with Crippen molar-refractivity contribution in [3.05, 3.63) is 32.5 Å². The first kappa shape index (κ1) is 15.2. The molecule has 0 aromatic heterocycles. The van der Waals surface area contributed by atoms with Crippen LogP contribution in [-0.2, 0) is 0 Å². The van der Waals surface area contributed by atoms with Crippen molar-refractivity contribution < 1.29 is 19.2 Å². The summed E-state index contributed by atoms with van der Waals surface area (Å²) in [5.74, 6) is -0.325. The number of ether oxygens (including phenoxy) is 1. The van der Waals surface area contributed by atoms with Crippen LogP contribution in [0.2, 0.25) is 0 Å². The van der Waals surface area contributed by atoms with Gasteiger partial charge in [-0.15, -0.1) is 0 Å². The van der Waals surface area contributed by atoms with Crippen LogP contribution in [0.3, 0.4) is 0 Å². The summed E-state index contributed by atoms with van der Waals surface area (Å²) in [5.41, 5.74) is -0.366. The standard InChI is InChI=1S/C13H15BrFNO4/c14-10-5-13(12(16(18)19)6-11(10)15)20-9-3-1-8(7-17)2-4-9/h5-6,8-9,17H,1-4,7H2. The highest BCUT2D eigenvalue weighted by molar-refractivity contribution is 9.10. The van der Waals surface area contributed by atoms with Gasteiger partial charge in [-0.2, -0.15) is 0 Å². The number of aliphatic hydroxyl groups excluding tert-OH is 1. The third kappa shape index (κ3) is 3.46. The lowest BCUT2D eigenvalue weighted by molar-refractivity contribution is -0.386. The summed E-state index contributed by atoms with van der Waals surface area (Å²) in [6.45, 7) is 0.162. The Bertz CT molecular complexity index is 503. The van der Waals surface area contributed by atoms with Crippen LogP contribution in [0, 0.1) is 21.8 Å². The fourth-order valence-corrected chi connectivity index (χ4v) is 2.69. The van der Waals surface area contributed by atoms with E-state index in [4.69, 9.17) is 9.84 Å². The number of hydrogen-bond acceptors (Lipinski definition) is 4. The normalized spacial score (nSPS) is 22.6. The lowest BCUT2D eigenvalue weighted by atomic mass is 9.88. The second kappa shape index (κ2) is 6.49. The molecule has 7 heteroatoms. The summed E-state index contributed by atoms with van der Waals surface area (Å²) in [5, 5.41) is 20.0. The molecule has 0 radical (unpaired) electrons. The van der Waals surface area contributed by atoms with Crippen molar-refractivity contribution in [2.75, 3.05) is 6.61 Å². The molecule has 0 bridgehead atoms. The summed E-state index contributed by atoms with van der Waals surface area (Å²) in [6, 6.07) is 2.16. The molecule has 20 heavy (non-hydrogen) atoms. The molecule has 2 rings (SSSR count). The van der Waals surface area contributed by atoms with Crippen LogP contribution in [0.25, 0.3) is 0 Å². The Morgan fingerprint density at radius 1 is 1.40 bits per heavy atom. The van der Waals surface area contributed by atoms with Gasteiger partial charge in [0.15, 0.2) is 5.75 Å². The molecule has 0 heterocycles. The first-order chi connectivity index (χ1) is 9.51. The van der Waals surface area contributed by atoms with Crippen LogP contribution in [0.5, 0.6) is 5.75 Å². The maximum Gasteiger partial charge on any atom is 0.313 e. The molecule has 110 valence electrons. The molecular weight excluding hydrogens is 333 g/mol. The predicted molar refractivity (Wildman–Crippen MR) is 74.2 cm³/mol. The highest BCUT2D eigenvalue weighted by atomic mass is 79.9. The van der Waals surface area contributed by atoms with Gasteiger partial charge in [0.05, 0.1) is 21.6 Å². The molecule has 0 amide bonds. The fraction of sp³-hybridized carbons (Fsp3) is 0.538. The van der Waals surface area contributed by atoms with E-state index in [0.717, 1.165) is 31.7 Å². The highest BCUT2D eigenvalue weighted by Gasteiger charge is 2.26. The number of aliphatic hydroxyl groups is 1. The van der Waals surface area contributed by atoms with E-state index in [1.807, 2.05) is 0 Å². The molecule has 1 aromatic rings. The molecule has 0 unspecified atom stereocenters. The van der Waals surface area contributed by atoms with Gasteiger partial charge in [0.2, 0.25) is 0 Å². The second-order valence-corrected chi connectivity index (χ2v) is 5.79. The molecule has 1 aliphatic rings. The van der Waals surface area contributed by atoms with E-state index in [2.05, 4.69) is 15.9 Å². The Morgan fingerprint density at radius 3 is 2.60 bits per heavy atom. The molecule has 0 aliphatic heterocycles. The van der Waals surface area contributed by atoms with E-state index in [1.165, 1.54) is 6.07 Å². The molecular formula is C13H15BrFNO4. The Balaban J connectivity index is 2.13. The van der Waals surface area contributed by atoms with Crippen LogP contribution in [0.15, 0.2) is 16.6 Å². The smallest absolute Gasteiger partial charge is 0.313 e. The number of halogens is 2. The Hall–Kier alpha value is -1.21. The number of nitrogens with zero attached hydrogens (tertiary/aromatic N) is 1. The van der Waals surface area contributed by atoms with Gasteiger partial charge in [0.1, 0.15) is 5.82 Å². The summed E-state index contributed by atoms with van der Waals surface area (Å²) >= 11 is 3.00. The largest absolute Gasteiger partial charge is 0.483 e. The number of nitro groups is 1. The molecule has 1 aromatic carbocycles. The van der Waals surface area contributed by atoms with Gasteiger partial charge >= 0.3 is 5.69 Å². The molecule has 1 N–H and O–H groups in total. The van der Waals surface area contributed by atoms with Crippen LogP contribution in [0.1, 0.15) is 25.7 Å². The number of nitro benzene ring substituents is 1. The quantitative estimate of drug-likeness (QED) is 0.668. The van der Waals surface area contributed by atoms with Gasteiger partial charge in [-0.25, -0.2) is 4.39 Å². The maximum atomic E-state index is 13.4. The van der Waals surface area contributed by atoms with E-state index in [1.54, 1.807) is 0 Å². The van der Waals surface area contributed by atoms with Gasteiger partial charge in [-0.3, -0.25) is 10.1 Å². The van der Waals surface area contributed by atoms with E-state index in [-0.39, 0.29) is 34.5 Å². The molecule has 0 spiro atoms. The molecule has 0 atom stereocenters. The minimum atomic E-state index is -0.687. The lowest BCUT2D eigenvalue weighted by Gasteiger charge is -2.27. The summed E-state index contributed by atoms with van der Waals surface area (Å²) in [4.78, 5) is 10.3. The molecule has 5 nitrogen and oxygen atoms in total. The average Bonchev–Trinajstić information content (AvgIpc) is 2.43. The van der Waals surface area contributed by atoms with Crippen molar-refractivity contribution in [2.24, 2.45) is 5.92 Å². The van der Waals surface area contributed by atoms with E-state index in [9.17, 15) is 14.5 Å². The number of hydrogen-bond donors (Lipinski definition) is 1. The minimum absolute atomic E-state index is 0.0794. The van der Waals surface area contributed by atoms with Crippen molar-refractivity contribution in [3.8, 4) is 5.75 Å². The summed E-state index contributed by atoms with van der Waals surface area (Å²) < 4.78 is 19.2. The molecule has 1 saturated carbocycles. The van der Waals surface area contributed by atoms with E-state index >= 15 is 0 Å². The fourth-order valence-electron chi connectivity index (χ4n) is 2.37. The minimum Gasteiger partial charge on any atom is -0.483 e. The summed E-state index contributed by atoms with van der Waals surface area (Å²) in [6.07, 6.45) is 3.00. The predicted octanol–water partition coefficient (Wildman–Crippen LogP) is 3.43. The van der Waals surface area contributed by atoms with E-state index < -0.39 is 10.7 Å². The maximum absolute atomic E-state index is 13.4. The molecule has 1 fully saturated rings. The van der Waals surface area contributed by atoms with Crippen LogP contribution in [0.4, 0.5) is 10.1 Å². The van der Waals surface area contributed by atoms with E-state index in [0.29, 0.717) is 0 Å². The van der Waals surface area contributed by atoms with Crippen molar-refractivity contribution in [3.63, 3.8) is 0 Å². The van der Waals surface area contributed by atoms with Gasteiger partial charge < -0.3 is 9.84 Å². The second-order valence-electron chi connectivity index (χ2n) is 4.93. The van der Waals surface area contributed by atoms with Gasteiger partial charge in [-0.05, 0) is 47.5 Å². The average molecular weight is 348 g/mol. The molecule has 1 aliphatic carbocycles. The molecule has 0 saturated heterocycles. The van der Waals surface area contributed by atoms with Gasteiger partial charge in [0.25, 0.3) is 0 Å². The van der Waals surface area contributed by atoms with Gasteiger partial charge in [-0.1, -0.05) is 0 Å². The third-order valence-corrected chi connectivity index (χ3v) is 4.15. The Morgan fingerprint density at radius 2 is 2.05 bits per heavy atom. The number of rotatable bonds is 4. The van der Waals surface area contributed by atoms with Crippen molar-refractivity contribution in [2.45, 2.75) is 31.8 Å². The van der Waals surface area contributed by atoms with Crippen LogP contribution >= 0.6 is 15.9 Å². The Labute approximate surface area is 124 Å². The lowest BCUT2D eigenvalue weighted by Crippen LogP contribution is -2.25. The van der Waals surface area contributed by atoms with Gasteiger partial charge in [0, 0.05) is 12.7 Å². The zero-order valence-electron chi connectivity index (χ0n) is 10.7. The van der Waals surface area contributed by atoms with Crippen molar-refractivity contribution >= 4 is 21.6 Å². The monoisotopic (exact) mass is 347 g/mol. The zero-order valence-corrected chi connectivity index (χ0v) is 12.3. The van der Waals surface area contributed by atoms with Crippen molar-refractivity contribution in [1.29, 1.82) is 0 Å². The highest BCUT2D eigenvalue weighted by Crippen LogP contribution is 2.35. The Kier molecular flexibility index (Phi) is 4.93. The van der Waals surface area contributed by atoms with Crippen LogP contribution in [-0.4, -0.2) is 22.7 Å². The van der Waals surface area contributed by atoms with Crippen molar-refractivity contribution in [1.82, 2.24) is 0 Å². The SMILES string of the molecule is O=[N+]([O-])c1cc(F)c(Br)cc1OC1CCC(CO)CC1. The number of benzene rings is 1. The first-order valence-electron chi connectivity index (χ1n) is 6.42. The first-order valence-corrected chi connectivity index (χ1v) is 7.21. The zero-order chi connectivity index (χ0) is 14.7.